The van der Waals surface area contributed by atoms with Crippen molar-refractivity contribution in [1.29, 1.82) is 0 Å². The van der Waals surface area contributed by atoms with E-state index in [-0.39, 0.29) is 11.8 Å². The van der Waals surface area contributed by atoms with E-state index in [0.717, 1.165) is 5.56 Å². The number of nitrogens with one attached hydrogen (secondary N) is 1. The third kappa shape index (κ3) is 3.37. The lowest BCUT2D eigenvalue weighted by Crippen LogP contribution is -2.54. The monoisotopic (exact) mass is 271 g/mol. The largest absolute Gasteiger partial charge is 0.340 e. The van der Waals surface area contributed by atoms with Crippen molar-refractivity contribution < 1.29 is 9.59 Å². The first-order valence-electron chi connectivity index (χ1n) is 6.48. The highest BCUT2D eigenvalue weighted by Gasteiger charge is 2.20. The molecule has 0 unspecified atom stereocenters. The van der Waals surface area contributed by atoms with Gasteiger partial charge in [-0.3, -0.25) is 15.0 Å². The molecule has 1 fully saturated rings. The average Bonchev–Trinajstić information content (AvgIpc) is 2.48. The first-order chi connectivity index (χ1) is 9.60. The Hall–Kier alpha value is -2.32. The van der Waals surface area contributed by atoms with Crippen molar-refractivity contribution in [2.24, 2.45) is 0 Å². The van der Waals surface area contributed by atoms with Gasteiger partial charge in [-0.05, 0) is 24.3 Å². The summed E-state index contributed by atoms with van der Waals surface area (Å²) in [5.74, 6) is 2.42. The van der Waals surface area contributed by atoms with Gasteiger partial charge in [-0.2, -0.15) is 0 Å². The van der Waals surface area contributed by atoms with Crippen LogP contribution in [0.2, 0.25) is 0 Å². The summed E-state index contributed by atoms with van der Waals surface area (Å²) in [6, 6.07) is 6.89. The van der Waals surface area contributed by atoms with Gasteiger partial charge < -0.3 is 4.90 Å². The Balaban J connectivity index is 1.89. The molecule has 0 radical (unpaired) electrons. The Labute approximate surface area is 118 Å². The van der Waals surface area contributed by atoms with E-state index in [9.17, 15) is 9.59 Å². The molecule has 2 amide bonds. The minimum atomic E-state index is -0.162. The Bertz CT molecular complexity index is 537. The van der Waals surface area contributed by atoms with Gasteiger partial charge in [-0.25, -0.2) is 5.01 Å². The predicted octanol–water partition coefficient (Wildman–Crippen LogP) is 0.477. The number of terminal acetylenes is 1. The van der Waals surface area contributed by atoms with Crippen LogP contribution in [-0.2, 0) is 4.79 Å². The molecule has 104 valence electrons. The Morgan fingerprint density at radius 3 is 2.25 bits per heavy atom. The first kappa shape index (κ1) is 14.1. The number of nitrogens with zero attached hydrogens (tertiary/aromatic N) is 2. The number of hydrogen-bond acceptors (Lipinski definition) is 3. The van der Waals surface area contributed by atoms with Gasteiger partial charge in [0, 0.05) is 44.2 Å². The van der Waals surface area contributed by atoms with Crippen LogP contribution in [0.4, 0.5) is 0 Å². The summed E-state index contributed by atoms with van der Waals surface area (Å²) in [6.45, 7) is 4.08. The fourth-order valence-electron chi connectivity index (χ4n) is 2.06. The third-order valence-corrected chi connectivity index (χ3v) is 3.30. The minimum Gasteiger partial charge on any atom is -0.340 e. The molecule has 2 rings (SSSR count). The quantitative estimate of drug-likeness (QED) is 0.796. The molecule has 0 saturated carbocycles. The van der Waals surface area contributed by atoms with Gasteiger partial charge in [0.25, 0.3) is 5.91 Å². The molecule has 1 saturated heterocycles. The topological polar surface area (TPSA) is 52.7 Å². The Kier molecular flexibility index (Phi) is 4.38. The van der Waals surface area contributed by atoms with Crippen molar-refractivity contribution in [3.63, 3.8) is 0 Å². The van der Waals surface area contributed by atoms with Crippen molar-refractivity contribution in [2.45, 2.75) is 6.92 Å². The molecule has 1 aliphatic rings. The second-order valence-corrected chi connectivity index (χ2v) is 4.66. The molecule has 1 aromatic rings. The maximum absolute atomic E-state index is 12.0. The summed E-state index contributed by atoms with van der Waals surface area (Å²) in [5, 5.41) is 1.83. The van der Waals surface area contributed by atoms with Gasteiger partial charge in [-0.1, -0.05) is 5.92 Å². The van der Waals surface area contributed by atoms with Gasteiger partial charge in [0.1, 0.15) is 0 Å². The van der Waals surface area contributed by atoms with Crippen LogP contribution in [-0.4, -0.2) is 47.9 Å². The van der Waals surface area contributed by atoms with E-state index < -0.39 is 0 Å². The number of benzene rings is 1. The lowest BCUT2D eigenvalue weighted by atomic mass is 10.1. The summed E-state index contributed by atoms with van der Waals surface area (Å²) in [5.41, 5.74) is 4.15. The SMILES string of the molecule is C#Cc1ccc(C(=O)NN2CCN(C(C)=O)CC2)cc1. The van der Waals surface area contributed by atoms with Crippen LogP contribution < -0.4 is 5.43 Å². The lowest BCUT2D eigenvalue weighted by Gasteiger charge is -2.34. The molecule has 0 atom stereocenters. The van der Waals surface area contributed by atoms with E-state index in [2.05, 4.69) is 11.3 Å². The zero-order valence-electron chi connectivity index (χ0n) is 11.4. The molecule has 5 heteroatoms. The second kappa shape index (κ2) is 6.22. The third-order valence-electron chi connectivity index (χ3n) is 3.30. The van der Waals surface area contributed by atoms with Gasteiger partial charge in [0.2, 0.25) is 5.91 Å². The van der Waals surface area contributed by atoms with Crippen LogP contribution in [0.15, 0.2) is 24.3 Å². The number of hydrazine groups is 1. The van der Waals surface area contributed by atoms with E-state index in [1.165, 1.54) is 0 Å². The van der Waals surface area contributed by atoms with E-state index in [4.69, 9.17) is 6.42 Å². The zero-order valence-corrected chi connectivity index (χ0v) is 11.4. The van der Waals surface area contributed by atoms with Crippen LogP contribution in [0.3, 0.4) is 0 Å². The molecule has 20 heavy (non-hydrogen) atoms. The Morgan fingerprint density at radius 2 is 1.75 bits per heavy atom. The van der Waals surface area contributed by atoms with Crippen LogP contribution in [0.1, 0.15) is 22.8 Å². The molecule has 0 bridgehead atoms. The number of rotatable bonds is 2. The predicted molar refractivity (Wildman–Crippen MR) is 75.7 cm³/mol. The van der Waals surface area contributed by atoms with Gasteiger partial charge in [0.15, 0.2) is 0 Å². The number of carbonyl (C=O) groups excluding carboxylic acids is 2. The van der Waals surface area contributed by atoms with Gasteiger partial charge in [0.05, 0.1) is 0 Å². The molecule has 5 nitrogen and oxygen atoms in total. The maximum atomic E-state index is 12.0. The molecule has 0 spiro atoms. The van der Waals surface area contributed by atoms with Gasteiger partial charge >= 0.3 is 0 Å². The maximum Gasteiger partial charge on any atom is 0.265 e. The molecular formula is C15H17N3O2. The summed E-state index contributed by atoms with van der Waals surface area (Å²) >= 11 is 0. The van der Waals surface area contributed by atoms with Crippen molar-refractivity contribution in [3.8, 4) is 12.3 Å². The van der Waals surface area contributed by atoms with E-state index in [1.807, 2.05) is 5.01 Å². The second-order valence-electron chi connectivity index (χ2n) is 4.66. The van der Waals surface area contributed by atoms with E-state index in [0.29, 0.717) is 31.7 Å². The van der Waals surface area contributed by atoms with Crippen LogP contribution in [0.25, 0.3) is 0 Å². The molecule has 1 heterocycles. The molecule has 1 aromatic carbocycles. The highest BCUT2D eigenvalue weighted by molar-refractivity contribution is 5.93. The molecule has 0 aromatic heterocycles. The smallest absolute Gasteiger partial charge is 0.265 e. The average molecular weight is 271 g/mol. The number of hydrogen-bond donors (Lipinski definition) is 1. The summed E-state index contributed by atoms with van der Waals surface area (Å²) in [7, 11) is 0. The van der Waals surface area contributed by atoms with Crippen molar-refractivity contribution in [2.75, 3.05) is 26.2 Å². The number of piperazine rings is 1. The molecular weight excluding hydrogens is 254 g/mol. The normalized spacial score (nSPS) is 15.5. The highest BCUT2D eigenvalue weighted by Crippen LogP contribution is 2.05. The number of carbonyl (C=O) groups is 2. The van der Waals surface area contributed by atoms with Crippen molar-refractivity contribution >= 4 is 11.8 Å². The van der Waals surface area contributed by atoms with Gasteiger partial charge in [-0.15, -0.1) is 6.42 Å². The fourth-order valence-corrected chi connectivity index (χ4v) is 2.06. The highest BCUT2D eigenvalue weighted by atomic mass is 16.2. The summed E-state index contributed by atoms with van der Waals surface area (Å²) in [6.07, 6.45) is 5.27. The van der Waals surface area contributed by atoms with E-state index >= 15 is 0 Å². The summed E-state index contributed by atoms with van der Waals surface area (Å²) in [4.78, 5) is 25.0. The van der Waals surface area contributed by atoms with Crippen molar-refractivity contribution in [3.05, 3.63) is 35.4 Å². The zero-order chi connectivity index (χ0) is 14.5. The molecule has 1 N–H and O–H groups in total. The van der Waals surface area contributed by atoms with Crippen LogP contribution >= 0.6 is 0 Å². The van der Waals surface area contributed by atoms with Crippen molar-refractivity contribution in [1.82, 2.24) is 15.3 Å². The standard InChI is InChI=1S/C15H17N3O2/c1-3-13-4-6-14(7-5-13)15(20)16-18-10-8-17(9-11-18)12(2)19/h1,4-7H,8-11H2,2H3,(H,16,20). The number of amides is 2. The minimum absolute atomic E-state index is 0.0702. The lowest BCUT2D eigenvalue weighted by molar-refractivity contribution is -0.130. The summed E-state index contributed by atoms with van der Waals surface area (Å²) < 4.78 is 0. The van der Waals surface area contributed by atoms with E-state index in [1.54, 1.807) is 36.1 Å². The van der Waals surface area contributed by atoms with Crippen LogP contribution in [0.5, 0.6) is 0 Å². The van der Waals surface area contributed by atoms with Crippen LogP contribution in [0, 0.1) is 12.3 Å². The fraction of sp³-hybridized carbons (Fsp3) is 0.333. The Morgan fingerprint density at radius 1 is 1.15 bits per heavy atom. The molecule has 0 aliphatic carbocycles. The molecule has 1 aliphatic heterocycles. The first-order valence-corrected chi connectivity index (χ1v) is 6.48.